The highest BCUT2D eigenvalue weighted by Crippen LogP contribution is 2.25. The molecule has 0 unspecified atom stereocenters. The molecule has 0 aliphatic carbocycles. The van der Waals surface area contributed by atoms with Crippen LogP contribution in [0.3, 0.4) is 0 Å². The first kappa shape index (κ1) is 12.7. The zero-order valence-corrected chi connectivity index (χ0v) is 12.0. The third-order valence-corrected chi connectivity index (χ3v) is 3.43. The smallest absolute Gasteiger partial charge is 0.168 e. The lowest BCUT2D eigenvalue weighted by molar-refractivity contribution is 0.590. The van der Waals surface area contributed by atoms with Crippen LogP contribution in [0.5, 0.6) is 0 Å². The van der Waals surface area contributed by atoms with E-state index in [9.17, 15) is 0 Å². The maximum absolute atomic E-state index is 5.83. The van der Waals surface area contributed by atoms with Gasteiger partial charge in [0.15, 0.2) is 11.5 Å². The minimum absolute atomic E-state index is 0.149. The van der Waals surface area contributed by atoms with Gasteiger partial charge in [0, 0.05) is 17.4 Å². The summed E-state index contributed by atoms with van der Waals surface area (Å²) in [6, 6.07) is 12.2. The maximum Gasteiger partial charge on any atom is 0.168 e. The topological polar surface area (TPSA) is 56.2 Å². The molecule has 4 heteroatoms. The van der Waals surface area contributed by atoms with Crippen LogP contribution in [-0.4, -0.2) is 14.6 Å². The number of fused-ring (bicyclic) bond motifs is 1. The third-order valence-electron chi connectivity index (χ3n) is 3.43. The maximum atomic E-state index is 5.83. The monoisotopic (exact) mass is 266 g/mol. The molecule has 0 saturated heterocycles. The van der Waals surface area contributed by atoms with Crippen molar-refractivity contribution in [3.8, 4) is 11.4 Å². The van der Waals surface area contributed by atoms with E-state index in [4.69, 9.17) is 5.73 Å². The molecule has 0 spiro atoms. The number of pyridine rings is 1. The lowest BCUT2D eigenvalue weighted by Crippen LogP contribution is -2.10. The minimum Gasteiger partial charge on any atom is -0.398 e. The molecule has 0 fully saturated rings. The SMILES string of the molecule is CC(C)(C)c1ccc(-c2nnc3ccc(N)cn23)cc1. The van der Waals surface area contributed by atoms with E-state index in [2.05, 4.69) is 55.2 Å². The summed E-state index contributed by atoms with van der Waals surface area (Å²) in [5.41, 5.74) is 9.82. The number of rotatable bonds is 1. The number of benzene rings is 1. The van der Waals surface area contributed by atoms with Crippen molar-refractivity contribution in [3.63, 3.8) is 0 Å². The molecule has 0 amide bonds. The van der Waals surface area contributed by atoms with Gasteiger partial charge in [-0.2, -0.15) is 0 Å². The average Bonchev–Trinajstić information content (AvgIpc) is 2.81. The van der Waals surface area contributed by atoms with Crippen molar-refractivity contribution in [1.82, 2.24) is 14.6 Å². The Bertz CT molecular complexity index is 748. The average molecular weight is 266 g/mol. The molecule has 2 aromatic heterocycles. The van der Waals surface area contributed by atoms with Crippen LogP contribution in [0.25, 0.3) is 17.0 Å². The van der Waals surface area contributed by atoms with Gasteiger partial charge < -0.3 is 5.73 Å². The van der Waals surface area contributed by atoms with Crippen LogP contribution in [-0.2, 0) is 5.41 Å². The van der Waals surface area contributed by atoms with E-state index in [0.717, 1.165) is 17.0 Å². The molecule has 4 nitrogen and oxygen atoms in total. The Morgan fingerprint density at radius 2 is 1.65 bits per heavy atom. The molecule has 0 aliphatic rings. The second kappa shape index (κ2) is 4.34. The number of hydrogen-bond donors (Lipinski definition) is 1. The number of nitrogens with two attached hydrogens (primary N) is 1. The number of nitrogen functional groups attached to an aromatic ring is 1. The Morgan fingerprint density at radius 3 is 2.30 bits per heavy atom. The Balaban J connectivity index is 2.09. The standard InChI is InChI=1S/C16H18N4/c1-16(2,3)12-6-4-11(5-7-12)15-19-18-14-9-8-13(17)10-20(14)15/h4-10H,17H2,1-3H3. The van der Waals surface area contributed by atoms with Gasteiger partial charge in [0.1, 0.15) is 0 Å². The van der Waals surface area contributed by atoms with Crippen LogP contribution < -0.4 is 5.73 Å². The highest BCUT2D eigenvalue weighted by molar-refractivity contribution is 5.61. The summed E-state index contributed by atoms with van der Waals surface area (Å²) in [7, 11) is 0. The van der Waals surface area contributed by atoms with Gasteiger partial charge in [-0.1, -0.05) is 45.0 Å². The van der Waals surface area contributed by atoms with Crippen molar-refractivity contribution in [1.29, 1.82) is 0 Å². The number of nitrogens with zero attached hydrogens (tertiary/aromatic N) is 3. The second-order valence-corrected chi connectivity index (χ2v) is 6.04. The highest BCUT2D eigenvalue weighted by Gasteiger charge is 2.14. The summed E-state index contributed by atoms with van der Waals surface area (Å²) < 4.78 is 1.92. The molecule has 3 rings (SSSR count). The summed E-state index contributed by atoms with van der Waals surface area (Å²) in [6.45, 7) is 6.61. The van der Waals surface area contributed by atoms with Crippen molar-refractivity contribution >= 4 is 11.3 Å². The number of hydrogen-bond acceptors (Lipinski definition) is 3. The highest BCUT2D eigenvalue weighted by atomic mass is 15.2. The zero-order chi connectivity index (χ0) is 14.3. The van der Waals surface area contributed by atoms with Gasteiger partial charge in [0.2, 0.25) is 0 Å². The van der Waals surface area contributed by atoms with Crippen LogP contribution >= 0.6 is 0 Å². The van der Waals surface area contributed by atoms with Crippen LogP contribution in [0.1, 0.15) is 26.3 Å². The van der Waals surface area contributed by atoms with Gasteiger partial charge in [-0.15, -0.1) is 10.2 Å². The Kier molecular flexibility index (Phi) is 2.74. The molecule has 0 aliphatic heterocycles. The van der Waals surface area contributed by atoms with Gasteiger partial charge in [0.05, 0.1) is 0 Å². The summed E-state index contributed by atoms with van der Waals surface area (Å²) >= 11 is 0. The van der Waals surface area contributed by atoms with E-state index in [1.807, 2.05) is 22.7 Å². The largest absolute Gasteiger partial charge is 0.398 e. The summed E-state index contributed by atoms with van der Waals surface area (Å²) in [5.74, 6) is 0.813. The molecule has 2 heterocycles. The van der Waals surface area contributed by atoms with Crippen LogP contribution in [0, 0.1) is 0 Å². The van der Waals surface area contributed by atoms with Crippen LogP contribution in [0.4, 0.5) is 5.69 Å². The fourth-order valence-corrected chi connectivity index (χ4v) is 2.22. The summed E-state index contributed by atoms with van der Waals surface area (Å²) in [6.07, 6.45) is 1.85. The van der Waals surface area contributed by atoms with E-state index in [-0.39, 0.29) is 5.41 Å². The van der Waals surface area contributed by atoms with Crippen molar-refractivity contribution in [2.45, 2.75) is 26.2 Å². The lowest BCUT2D eigenvalue weighted by Gasteiger charge is -2.18. The Hall–Kier alpha value is -2.36. The third kappa shape index (κ3) is 2.13. The van der Waals surface area contributed by atoms with Crippen molar-refractivity contribution < 1.29 is 0 Å². The van der Waals surface area contributed by atoms with E-state index >= 15 is 0 Å². The summed E-state index contributed by atoms with van der Waals surface area (Å²) in [5, 5.41) is 8.42. The summed E-state index contributed by atoms with van der Waals surface area (Å²) in [4.78, 5) is 0. The van der Waals surface area contributed by atoms with Gasteiger partial charge in [-0.3, -0.25) is 4.40 Å². The van der Waals surface area contributed by atoms with Gasteiger partial charge >= 0.3 is 0 Å². The first-order valence-corrected chi connectivity index (χ1v) is 6.66. The molecule has 0 saturated carbocycles. The van der Waals surface area contributed by atoms with E-state index in [1.165, 1.54) is 5.56 Å². The first-order chi connectivity index (χ1) is 9.45. The van der Waals surface area contributed by atoms with Gasteiger partial charge in [-0.25, -0.2) is 0 Å². The fraction of sp³-hybridized carbons (Fsp3) is 0.250. The van der Waals surface area contributed by atoms with Gasteiger partial charge in [-0.05, 0) is 23.1 Å². The van der Waals surface area contributed by atoms with Crippen molar-refractivity contribution in [2.75, 3.05) is 5.73 Å². The molecule has 102 valence electrons. The van der Waals surface area contributed by atoms with Crippen LogP contribution in [0.15, 0.2) is 42.6 Å². The molecule has 2 N–H and O–H groups in total. The van der Waals surface area contributed by atoms with E-state index in [0.29, 0.717) is 5.69 Å². The molecular weight excluding hydrogens is 248 g/mol. The normalized spacial score (nSPS) is 11.9. The zero-order valence-electron chi connectivity index (χ0n) is 12.0. The molecular formula is C16H18N4. The Labute approximate surface area is 118 Å². The lowest BCUT2D eigenvalue weighted by atomic mass is 9.87. The number of anilines is 1. The molecule has 0 bridgehead atoms. The molecule has 0 atom stereocenters. The quantitative estimate of drug-likeness (QED) is 0.735. The van der Waals surface area contributed by atoms with Gasteiger partial charge in [0.25, 0.3) is 0 Å². The predicted molar refractivity (Wildman–Crippen MR) is 81.5 cm³/mol. The van der Waals surface area contributed by atoms with E-state index in [1.54, 1.807) is 0 Å². The van der Waals surface area contributed by atoms with Crippen molar-refractivity contribution in [2.24, 2.45) is 0 Å². The molecule has 1 aromatic carbocycles. The Morgan fingerprint density at radius 1 is 0.950 bits per heavy atom. The van der Waals surface area contributed by atoms with Crippen LogP contribution in [0.2, 0.25) is 0 Å². The second-order valence-electron chi connectivity index (χ2n) is 6.04. The fourth-order valence-electron chi connectivity index (χ4n) is 2.22. The minimum atomic E-state index is 0.149. The number of aromatic nitrogens is 3. The molecule has 0 radical (unpaired) electrons. The van der Waals surface area contributed by atoms with E-state index < -0.39 is 0 Å². The molecule has 20 heavy (non-hydrogen) atoms. The molecule has 3 aromatic rings. The predicted octanol–water partition coefficient (Wildman–Crippen LogP) is 3.28. The van der Waals surface area contributed by atoms with Crippen molar-refractivity contribution in [3.05, 3.63) is 48.2 Å². The first-order valence-electron chi connectivity index (χ1n) is 6.66.